The third-order valence-corrected chi connectivity index (χ3v) is 5.05. The lowest BCUT2D eigenvalue weighted by molar-refractivity contribution is -0.143. The van der Waals surface area contributed by atoms with E-state index >= 15 is 0 Å². The molecule has 9 heteroatoms. The SMILES string of the molecule is COCCOCCOC(=O)C1=C(C)NC(C)=C(C(=O)OC(C)C)C1c1c(F)cccc1Cl. The van der Waals surface area contributed by atoms with Crippen molar-refractivity contribution in [1.29, 1.82) is 0 Å². The Labute approximate surface area is 192 Å². The zero-order valence-electron chi connectivity index (χ0n) is 18.9. The van der Waals surface area contributed by atoms with Crippen LogP contribution in [0.25, 0.3) is 0 Å². The number of ether oxygens (including phenoxy) is 4. The summed E-state index contributed by atoms with van der Waals surface area (Å²) in [5, 5.41) is 3.10. The van der Waals surface area contributed by atoms with E-state index in [9.17, 15) is 14.0 Å². The zero-order valence-corrected chi connectivity index (χ0v) is 19.7. The minimum absolute atomic E-state index is 0.00775. The van der Waals surface area contributed by atoms with Gasteiger partial charge in [-0.2, -0.15) is 0 Å². The molecule has 1 aromatic rings. The molecule has 1 N–H and O–H groups in total. The zero-order chi connectivity index (χ0) is 23.8. The number of carbonyl (C=O) groups excluding carboxylic acids is 2. The maximum atomic E-state index is 15.0. The van der Waals surface area contributed by atoms with Crippen molar-refractivity contribution in [1.82, 2.24) is 5.32 Å². The number of carbonyl (C=O) groups is 2. The number of benzene rings is 1. The molecule has 0 spiro atoms. The second-order valence-electron chi connectivity index (χ2n) is 7.47. The summed E-state index contributed by atoms with van der Waals surface area (Å²) in [6.45, 7) is 7.64. The third-order valence-electron chi connectivity index (χ3n) is 4.72. The van der Waals surface area contributed by atoms with Crippen molar-refractivity contribution in [3.8, 4) is 0 Å². The molecule has 1 atom stereocenters. The predicted molar refractivity (Wildman–Crippen MR) is 118 cm³/mol. The molecule has 7 nitrogen and oxygen atoms in total. The van der Waals surface area contributed by atoms with E-state index in [0.717, 1.165) is 0 Å². The molecule has 0 aromatic heterocycles. The number of nitrogens with one attached hydrogen (secondary N) is 1. The van der Waals surface area contributed by atoms with Crippen LogP contribution in [0, 0.1) is 5.82 Å². The van der Waals surface area contributed by atoms with Crippen LogP contribution >= 0.6 is 11.6 Å². The van der Waals surface area contributed by atoms with Gasteiger partial charge in [-0.05, 0) is 39.8 Å². The second-order valence-corrected chi connectivity index (χ2v) is 7.87. The van der Waals surface area contributed by atoms with Crippen LogP contribution in [0.15, 0.2) is 40.7 Å². The molecule has 1 aromatic carbocycles. The monoisotopic (exact) mass is 469 g/mol. The molecule has 2 rings (SSSR count). The molecule has 0 saturated heterocycles. The van der Waals surface area contributed by atoms with Gasteiger partial charge >= 0.3 is 11.9 Å². The Bertz CT molecular complexity index is 891. The first kappa shape index (κ1) is 25.8. The Kier molecular flexibility index (Phi) is 9.68. The molecule has 0 bridgehead atoms. The van der Waals surface area contributed by atoms with E-state index in [-0.39, 0.29) is 34.9 Å². The molecule has 0 fully saturated rings. The molecular weight excluding hydrogens is 441 g/mol. The van der Waals surface area contributed by atoms with Gasteiger partial charge in [0, 0.05) is 29.1 Å². The van der Waals surface area contributed by atoms with Crippen molar-refractivity contribution >= 4 is 23.5 Å². The molecule has 1 aliphatic rings. The highest BCUT2D eigenvalue weighted by molar-refractivity contribution is 6.31. The first-order valence-corrected chi connectivity index (χ1v) is 10.6. The maximum absolute atomic E-state index is 15.0. The van der Waals surface area contributed by atoms with E-state index in [1.165, 1.54) is 18.2 Å². The number of halogens is 2. The fraction of sp³-hybridized carbons (Fsp3) is 0.478. The highest BCUT2D eigenvalue weighted by Crippen LogP contribution is 2.43. The van der Waals surface area contributed by atoms with Gasteiger partial charge in [-0.15, -0.1) is 0 Å². The summed E-state index contributed by atoms with van der Waals surface area (Å²) >= 11 is 6.34. The molecule has 1 aliphatic heterocycles. The average molecular weight is 470 g/mol. The molecule has 1 heterocycles. The van der Waals surface area contributed by atoms with Gasteiger partial charge in [-0.25, -0.2) is 14.0 Å². The van der Waals surface area contributed by atoms with Gasteiger partial charge in [-0.3, -0.25) is 0 Å². The lowest BCUT2D eigenvalue weighted by Crippen LogP contribution is -2.34. The van der Waals surface area contributed by atoms with Crippen molar-refractivity contribution in [2.45, 2.75) is 39.7 Å². The van der Waals surface area contributed by atoms with Crippen LogP contribution in [0.4, 0.5) is 4.39 Å². The standard InChI is InChI=1S/C23H29ClFNO6/c1-13(2)32-23(28)19-15(4)26-14(3)18(22(27)31-12-11-30-10-9-29-5)21(19)20-16(24)7-6-8-17(20)25/h6-8,13,21,26H,9-12H2,1-5H3. The van der Waals surface area contributed by atoms with Gasteiger partial charge in [0.1, 0.15) is 12.4 Å². The summed E-state index contributed by atoms with van der Waals surface area (Å²) in [6.07, 6.45) is -0.411. The molecule has 1 unspecified atom stereocenters. The van der Waals surface area contributed by atoms with E-state index in [4.69, 9.17) is 30.5 Å². The number of allylic oxidation sites excluding steroid dienone is 2. The fourth-order valence-corrected chi connectivity index (χ4v) is 3.68. The van der Waals surface area contributed by atoms with Crippen LogP contribution in [-0.2, 0) is 28.5 Å². The third kappa shape index (κ3) is 6.31. The number of dihydropyridines is 1. The normalized spacial score (nSPS) is 16.3. The van der Waals surface area contributed by atoms with E-state index < -0.39 is 29.8 Å². The number of esters is 2. The van der Waals surface area contributed by atoms with Crippen molar-refractivity contribution in [3.05, 3.63) is 57.1 Å². The number of rotatable bonds is 10. The Morgan fingerprint density at radius 3 is 2.28 bits per heavy atom. The summed E-state index contributed by atoms with van der Waals surface area (Å²) in [5.41, 5.74) is 1.05. The van der Waals surface area contributed by atoms with Gasteiger partial charge in [0.25, 0.3) is 0 Å². The van der Waals surface area contributed by atoms with Crippen LogP contribution in [0.1, 0.15) is 39.2 Å². The van der Waals surface area contributed by atoms with Crippen LogP contribution in [0.5, 0.6) is 0 Å². The van der Waals surface area contributed by atoms with Crippen LogP contribution in [0.2, 0.25) is 5.02 Å². The highest BCUT2D eigenvalue weighted by atomic mass is 35.5. The largest absolute Gasteiger partial charge is 0.460 e. The minimum Gasteiger partial charge on any atom is -0.460 e. The molecule has 0 saturated carbocycles. The molecule has 176 valence electrons. The predicted octanol–water partition coefficient (Wildman–Crippen LogP) is 3.87. The van der Waals surface area contributed by atoms with Gasteiger partial charge in [0.2, 0.25) is 0 Å². The quantitative estimate of drug-likeness (QED) is 0.411. The lowest BCUT2D eigenvalue weighted by Gasteiger charge is -2.31. The number of methoxy groups -OCH3 is 1. The van der Waals surface area contributed by atoms with Crippen molar-refractivity contribution in [2.24, 2.45) is 0 Å². The Morgan fingerprint density at radius 1 is 1.06 bits per heavy atom. The lowest BCUT2D eigenvalue weighted by atomic mass is 9.80. The number of hydrogen-bond donors (Lipinski definition) is 1. The van der Waals surface area contributed by atoms with Crippen LogP contribution in [-0.4, -0.2) is 51.6 Å². The summed E-state index contributed by atoms with van der Waals surface area (Å²) in [6, 6.07) is 4.19. The second kappa shape index (κ2) is 12.0. The molecule has 0 aliphatic carbocycles. The van der Waals surface area contributed by atoms with Crippen molar-refractivity contribution < 1.29 is 32.9 Å². The van der Waals surface area contributed by atoms with Crippen molar-refractivity contribution in [2.75, 3.05) is 33.5 Å². The van der Waals surface area contributed by atoms with Gasteiger partial charge in [0.05, 0.1) is 43.0 Å². The first-order valence-electron chi connectivity index (χ1n) is 10.3. The average Bonchev–Trinajstić information content (AvgIpc) is 2.69. The van der Waals surface area contributed by atoms with Gasteiger partial charge < -0.3 is 24.3 Å². The molecule has 0 radical (unpaired) electrons. The van der Waals surface area contributed by atoms with E-state index in [2.05, 4.69) is 5.32 Å². The smallest absolute Gasteiger partial charge is 0.337 e. The maximum Gasteiger partial charge on any atom is 0.337 e. The van der Waals surface area contributed by atoms with Crippen LogP contribution < -0.4 is 5.32 Å². The molecule has 0 amide bonds. The fourth-order valence-electron chi connectivity index (χ4n) is 3.40. The van der Waals surface area contributed by atoms with Gasteiger partial charge in [0.15, 0.2) is 0 Å². The summed E-state index contributed by atoms with van der Waals surface area (Å²) in [7, 11) is 1.56. The first-order chi connectivity index (χ1) is 15.2. The van der Waals surface area contributed by atoms with E-state index in [0.29, 0.717) is 24.6 Å². The molecular formula is C23H29ClFNO6. The minimum atomic E-state index is -1.10. The Balaban J connectivity index is 2.43. The van der Waals surface area contributed by atoms with Crippen molar-refractivity contribution in [3.63, 3.8) is 0 Å². The number of hydrogen-bond acceptors (Lipinski definition) is 7. The summed E-state index contributed by atoms with van der Waals surface area (Å²) < 4.78 is 35.9. The van der Waals surface area contributed by atoms with Crippen LogP contribution in [0.3, 0.4) is 0 Å². The Morgan fingerprint density at radius 2 is 1.69 bits per heavy atom. The summed E-state index contributed by atoms with van der Waals surface area (Å²) in [5.74, 6) is -3.13. The Hall–Kier alpha value is -2.42. The highest BCUT2D eigenvalue weighted by Gasteiger charge is 2.40. The van der Waals surface area contributed by atoms with E-state index in [1.54, 1.807) is 34.8 Å². The molecule has 32 heavy (non-hydrogen) atoms. The topological polar surface area (TPSA) is 83.1 Å². The van der Waals surface area contributed by atoms with E-state index in [1.807, 2.05) is 0 Å². The van der Waals surface area contributed by atoms with Gasteiger partial charge in [-0.1, -0.05) is 17.7 Å². The summed E-state index contributed by atoms with van der Waals surface area (Å²) in [4.78, 5) is 26.0.